The number of fused-ring (bicyclic) bond motifs is 1. The van der Waals surface area contributed by atoms with Crippen LogP contribution in [0.25, 0.3) is 15.5 Å². The molecule has 9 heteroatoms. The van der Waals surface area contributed by atoms with E-state index in [1.54, 1.807) is 6.07 Å². The number of hydrogen-bond acceptors (Lipinski definition) is 7. The number of ether oxygens (including phenoxy) is 1. The molecule has 1 fully saturated rings. The third-order valence-corrected chi connectivity index (χ3v) is 6.98. The molecular weight excluding hydrogens is 462 g/mol. The first kappa shape index (κ1) is 23.2. The molecule has 1 saturated heterocycles. The summed E-state index contributed by atoms with van der Waals surface area (Å²) in [6.45, 7) is 7.29. The molecule has 5 rings (SSSR count). The van der Waals surface area contributed by atoms with Crippen LogP contribution >= 0.6 is 11.3 Å². The normalized spacial score (nSPS) is 14.4. The maximum Gasteiger partial charge on any atom is 0.275 e. The molecule has 0 bridgehead atoms. The fourth-order valence-corrected chi connectivity index (χ4v) is 5.08. The van der Waals surface area contributed by atoms with E-state index in [0.717, 1.165) is 27.4 Å². The van der Waals surface area contributed by atoms with Gasteiger partial charge in [-0.05, 0) is 37.6 Å². The summed E-state index contributed by atoms with van der Waals surface area (Å²) in [5.74, 6) is 0.690. The standard InChI is InChI=1S/C26H27N5O3S/c1-18-5-3-7-20(13-18)25-28-31-23(32)15-21(27-26(31)35-25)16-29-9-11-30(12-10-29)24(33)17-34-22-8-4-6-19(2)14-22/h3-8,13-15H,9-12,16-17H2,1-2H3. The highest BCUT2D eigenvalue weighted by molar-refractivity contribution is 7.19. The molecule has 0 aliphatic carbocycles. The summed E-state index contributed by atoms with van der Waals surface area (Å²) < 4.78 is 7.03. The van der Waals surface area contributed by atoms with Crippen LogP contribution in [0, 0.1) is 13.8 Å². The lowest BCUT2D eigenvalue weighted by Crippen LogP contribution is -2.49. The van der Waals surface area contributed by atoms with Gasteiger partial charge < -0.3 is 9.64 Å². The first-order valence-corrected chi connectivity index (χ1v) is 12.4. The number of rotatable bonds is 6. The summed E-state index contributed by atoms with van der Waals surface area (Å²) in [5, 5.41) is 5.25. The molecular formula is C26H27N5O3S. The quantitative estimate of drug-likeness (QED) is 0.414. The van der Waals surface area contributed by atoms with Gasteiger partial charge in [0.2, 0.25) is 4.96 Å². The number of aryl methyl sites for hydroxylation is 2. The van der Waals surface area contributed by atoms with E-state index in [-0.39, 0.29) is 18.1 Å². The molecule has 2 aromatic heterocycles. The number of aromatic nitrogens is 3. The monoisotopic (exact) mass is 489 g/mol. The predicted octanol–water partition coefficient (Wildman–Crippen LogP) is 3.16. The summed E-state index contributed by atoms with van der Waals surface area (Å²) in [6.07, 6.45) is 0. The lowest BCUT2D eigenvalue weighted by atomic mass is 10.1. The van der Waals surface area contributed by atoms with Crippen molar-refractivity contribution in [3.05, 3.63) is 81.8 Å². The molecule has 1 amide bonds. The van der Waals surface area contributed by atoms with Crippen molar-refractivity contribution in [2.75, 3.05) is 32.8 Å². The molecule has 3 heterocycles. The number of carbonyl (C=O) groups excluding carboxylic acids is 1. The van der Waals surface area contributed by atoms with Gasteiger partial charge >= 0.3 is 0 Å². The second-order valence-corrected chi connectivity index (χ2v) is 9.77. The van der Waals surface area contributed by atoms with Crippen LogP contribution in [0.2, 0.25) is 0 Å². The molecule has 1 aliphatic heterocycles. The Morgan fingerprint density at radius 2 is 1.74 bits per heavy atom. The van der Waals surface area contributed by atoms with Crippen molar-refractivity contribution in [1.29, 1.82) is 0 Å². The van der Waals surface area contributed by atoms with Crippen LogP contribution in [0.3, 0.4) is 0 Å². The third kappa shape index (κ3) is 5.41. The van der Waals surface area contributed by atoms with E-state index in [4.69, 9.17) is 9.72 Å². The first-order valence-electron chi connectivity index (χ1n) is 11.6. The van der Waals surface area contributed by atoms with E-state index in [1.807, 2.05) is 61.2 Å². The van der Waals surface area contributed by atoms with Crippen LogP contribution in [-0.2, 0) is 11.3 Å². The van der Waals surface area contributed by atoms with Crippen molar-refractivity contribution in [1.82, 2.24) is 24.4 Å². The summed E-state index contributed by atoms with van der Waals surface area (Å²) in [5.41, 5.74) is 3.76. The highest BCUT2D eigenvalue weighted by atomic mass is 32.1. The molecule has 0 N–H and O–H groups in total. The van der Waals surface area contributed by atoms with E-state index in [2.05, 4.69) is 16.1 Å². The molecule has 2 aromatic carbocycles. The number of hydrogen-bond donors (Lipinski definition) is 0. The Labute approximate surface area is 207 Å². The van der Waals surface area contributed by atoms with Gasteiger partial charge in [-0.2, -0.15) is 9.61 Å². The molecule has 0 unspecified atom stereocenters. The van der Waals surface area contributed by atoms with Gasteiger partial charge in [0.25, 0.3) is 11.5 Å². The van der Waals surface area contributed by atoms with E-state index in [1.165, 1.54) is 15.9 Å². The largest absolute Gasteiger partial charge is 0.484 e. The summed E-state index contributed by atoms with van der Waals surface area (Å²) in [4.78, 5) is 34.6. The van der Waals surface area contributed by atoms with Crippen LogP contribution in [-0.4, -0.2) is 63.1 Å². The minimum absolute atomic E-state index is 0.0164. The second kappa shape index (κ2) is 9.97. The van der Waals surface area contributed by atoms with Crippen LogP contribution in [0.15, 0.2) is 59.4 Å². The van der Waals surface area contributed by atoms with Gasteiger partial charge in [-0.1, -0.05) is 47.2 Å². The fourth-order valence-electron chi connectivity index (χ4n) is 4.16. The second-order valence-electron chi connectivity index (χ2n) is 8.82. The third-order valence-electron chi connectivity index (χ3n) is 6.03. The lowest BCUT2D eigenvalue weighted by molar-refractivity contribution is -0.135. The van der Waals surface area contributed by atoms with Gasteiger partial charge in [0, 0.05) is 44.4 Å². The minimum atomic E-state index is -0.178. The fraction of sp³-hybridized carbons (Fsp3) is 0.308. The first-order chi connectivity index (χ1) is 16.9. The van der Waals surface area contributed by atoms with Crippen LogP contribution < -0.4 is 10.3 Å². The number of amides is 1. The minimum Gasteiger partial charge on any atom is -0.484 e. The summed E-state index contributed by atoms with van der Waals surface area (Å²) in [7, 11) is 0. The Bertz CT molecular complexity index is 1420. The number of nitrogens with zero attached hydrogens (tertiary/aromatic N) is 5. The zero-order valence-electron chi connectivity index (χ0n) is 19.8. The SMILES string of the molecule is Cc1cccc(OCC(=O)N2CCN(Cc3cc(=O)n4nc(-c5cccc(C)c5)sc4n3)CC2)c1. The number of piperazine rings is 1. The molecule has 0 saturated carbocycles. The molecule has 1 aliphatic rings. The van der Waals surface area contributed by atoms with Crippen molar-refractivity contribution < 1.29 is 9.53 Å². The van der Waals surface area contributed by atoms with Gasteiger partial charge in [0.05, 0.1) is 5.69 Å². The van der Waals surface area contributed by atoms with E-state index >= 15 is 0 Å². The molecule has 4 aromatic rings. The van der Waals surface area contributed by atoms with Gasteiger partial charge in [-0.25, -0.2) is 4.98 Å². The van der Waals surface area contributed by atoms with Crippen LogP contribution in [0.4, 0.5) is 0 Å². The zero-order valence-corrected chi connectivity index (χ0v) is 20.6. The van der Waals surface area contributed by atoms with Gasteiger partial charge in [0.15, 0.2) is 6.61 Å². The molecule has 8 nitrogen and oxygen atoms in total. The van der Waals surface area contributed by atoms with Gasteiger partial charge in [-0.15, -0.1) is 0 Å². The van der Waals surface area contributed by atoms with Crippen LogP contribution in [0.1, 0.15) is 16.8 Å². The van der Waals surface area contributed by atoms with E-state index in [9.17, 15) is 9.59 Å². The zero-order chi connectivity index (χ0) is 24.4. The average Bonchev–Trinajstić information content (AvgIpc) is 3.28. The Hall–Kier alpha value is -3.56. The Balaban J connectivity index is 1.19. The highest BCUT2D eigenvalue weighted by Crippen LogP contribution is 2.25. The average molecular weight is 490 g/mol. The predicted molar refractivity (Wildman–Crippen MR) is 136 cm³/mol. The van der Waals surface area contributed by atoms with Crippen molar-refractivity contribution in [2.45, 2.75) is 20.4 Å². The van der Waals surface area contributed by atoms with E-state index < -0.39 is 0 Å². The van der Waals surface area contributed by atoms with Crippen molar-refractivity contribution >= 4 is 22.2 Å². The summed E-state index contributed by atoms with van der Waals surface area (Å²) in [6, 6.07) is 17.3. The van der Waals surface area contributed by atoms with Crippen molar-refractivity contribution in [2.24, 2.45) is 0 Å². The number of benzene rings is 2. The maximum absolute atomic E-state index is 12.7. The van der Waals surface area contributed by atoms with Crippen LogP contribution in [0.5, 0.6) is 5.75 Å². The molecule has 180 valence electrons. The molecule has 35 heavy (non-hydrogen) atoms. The Morgan fingerprint density at radius 1 is 1.00 bits per heavy atom. The molecule has 0 spiro atoms. The summed E-state index contributed by atoms with van der Waals surface area (Å²) >= 11 is 1.41. The van der Waals surface area contributed by atoms with Crippen molar-refractivity contribution in [3.63, 3.8) is 0 Å². The maximum atomic E-state index is 12.7. The lowest BCUT2D eigenvalue weighted by Gasteiger charge is -2.34. The number of carbonyl (C=O) groups is 1. The van der Waals surface area contributed by atoms with Gasteiger partial charge in [-0.3, -0.25) is 14.5 Å². The Kier molecular flexibility index (Phi) is 6.61. The van der Waals surface area contributed by atoms with E-state index in [0.29, 0.717) is 43.4 Å². The smallest absolute Gasteiger partial charge is 0.275 e. The highest BCUT2D eigenvalue weighted by Gasteiger charge is 2.22. The molecule has 0 radical (unpaired) electrons. The Morgan fingerprint density at radius 3 is 2.49 bits per heavy atom. The topological polar surface area (TPSA) is 80.0 Å². The van der Waals surface area contributed by atoms with Gasteiger partial charge in [0.1, 0.15) is 10.8 Å². The molecule has 0 atom stereocenters. The van der Waals surface area contributed by atoms with Crippen molar-refractivity contribution in [3.8, 4) is 16.3 Å².